The molecule has 4 nitrogen and oxygen atoms in total. The van der Waals surface area contributed by atoms with Crippen molar-refractivity contribution in [3.63, 3.8) is 0 Å². The number of carbonyl (C=O) groups is 1. The first-order valence-corrected chi connectivity index (χ1v) is 6.80. The van der Waals surface area contributed by atoms with Gasteiger partial charge in [0, 0.05) is 12.6 Å². The van der Waals surface area contributed by atoms with Gasteiger partial charge in [-0.15, -0.1) is 0 Å². The van der Waals surface area contributed by atoms with Gasteiger partial charge in [0.2, 0.25) is 0 Å². The Morgan fingerprint density at radius 3 is 2.59 bits per heavy atom. The summed E-state index contributed by atoms with van der Waals surface area (Å²) < 4.78 is 5.04. The Hall–Kier alpha value is -0.610. The van der Waals surface area contributed by atoms with E-state index in [4.69, 9.17) is 4.74 Å². The van der Waals surface area contributed by atoms with E-state index in [1.54, 1.807) is 0 Å². The van der Waals surface area contributed by atoms with Crippen molar-refractivity contribution in [1.82, 2.24) is 10.2 Å². The molecule has 0 aliphatic heterocycles. The van der Waals surface area contributed by atoms with Gasteiger partial charge in [-0.25, -0.2) is 0 Å². The topological polar surface area (TPSA) is 41.6 Å². The van der Waals surface area contributed by atoms with Gasteiger partial charge in [0.05, 0.1) is 6.61 Å². The molecule has 0 aromatic heterocycles. The van der Waals surface area contributed by atoms with E-state index in [9.17, 15) is 4.79 Å². The molecule has 0 aromatic rings. The normalized spacial score (nSPS) is 17.2. The maximum Gasteiger partial charge on any atom is 0.323 e. The van der Waals surface area contributed by atoms with Crippen LogP contribution in [0, 0.1) is 0 Å². The van der Waals surface area contributed by atoms with E-state index < -0.39 is 0 Å². The molecule has 100 valence electrons. The van der Waals surface area contributed by atoms with Crippen LogP contribution in [0.3, 0.4) is 0 Å². The SMILES string of the molecule is CCCN(CCC(NC)C(=O)OCC)C1CC1. The standard InChI is InChI=1S/C13H26N2O2/c1-4-9-15(11-6-7-11)10-8-12(14-3)13(16)17-5-2/h11-12,14H,4-10H2,1-3H3. The van der Waals surface area contributed by atoms with Crippen molar-refractivity contribution in [2.45, 2.75) is 51.6 Å². The van der Waals surface area contributed by atoms with Gasteiger partial charge >= 0.3 is 5.97 Å². The third-order valence-electron chi connectivity index (χ3n) is 3.20. The highest BCUT2D eigenvalue weighted by Crippen LogP contribution is 2.27. The maximum atomic E-state index is 11.6. The number of hydrogen-bond acceptors (Lipinski definition) is 4. The molecule has 1 aliphatic rings. The fourth-order valence-electron chi connectivity index (χ4n) is 2.12. The quantitative estimate of drug-likeness (QED) is 0.621. The molecule has 1 unspecified atom stereocenters. The summed E-state index contributed by atoms with van der Waals surface area (Å²) in [6.07, 6.45) is 4.67. The highest BCUT2D eigenvalue weighted by Gasteiger charge is 2.29. The van der Waals surface area contributed by atoms with Crippen LogP contribution in [0.25, 0.3) is 0 Å². The lowest BCUT2D eigenvalue weighted by atomic mass is 10.2. The van der Waals surface area contributed by atoms with Crippen LogP contribution >= 0.6 is 0 Å². The van der Waals surface area contributed by atoms with Crippen LogP contribution < -0.4 is 5.32 Å². The van der Waals surface area contributed by atoms with Crippen LogP contribution in [0.4, 0.5) is 0 Å². The van der Waals surface area contributed by atoms with Gasteiger partial charge < -0.3 is 15.0 Å². The van der Waals surface area contributed by atoms with Gasteiger partial charge in [-0.05, 0) is 46.2 Å². The van der Waals surface area contributed by atoms with Crippen LogP contribution in [0.5, 0.6) is 0 Å². The molecular formula is C13H26N2O2. The van der Waals surface area contributed by atoms with Crippen LogP contribution in [-0.4, -0.2) is 49.7 Å². The Kier molecular flexibility index (Phi) is 6.52. The molecule has 1 fully saturated rings. The van der Waals surface area contributed by atoms with Gasteiger partial charge in [-0.1, -0.05) is 6.92 Å². The summed E-state index contributed by atoms with van der Waals surface area (Å²) in [6, 6.07) is 0.614. The lowest BCUT2D eigenvalue weighted by molar-refractivity contribution is -0.145. The third kappa shape index (κ3) is 5.04. The molecule has 0 aromatic carbocycles. The second kappa shape index (κ2) is 7.67. The molecule has 1 N–H and O–H groups in total. The predicted octanol–water partition coefficient (Wildman–Crippen LogP) is 1.40. The van der Waals surface area contributed by atoms with Gasteiger partial charge in [-0.2, -0.15) is 0 Å². The molecule has 1 saturated carbocycles. The first-order valence-electron chi connectivity index (χ1n) is 6.80. The number of hydrogen-bond donors (Lipinski definition) is 1. The number of ether oxygens (including phenoxy) is 1. The predicted molar refractivity (Wildman–Crippen MR) is 69.0 cm³/mol. The number of rotatable bonds is 9. The molecule has 4 heteroatoms. The van der Waals surface area contributed by atoms with Crippen LogP contribution in [0.2, 0.25) is 0 Å². The molecule has 17 heavy (non-hydrogen) atoms. The number of nitrogens with one attached hydrogen (secondary N) is 1. The third-order valence-corrected chi connectivity index (χ3v) is 3.20. The molecule has 1 aliphatic carbocycles. The van der Waals surface area contributed by atoms with Crippen molar-refractivity contribution in [3.05, 3.63) is 0 Å². The van der Waals surface area contributed by atoms with Crippen molar-refractivity contribution in [2.24, 2.45) is 0 Å². The molecule has 0 amide bonds. The fourth-order valence-corrected chi connectivity index (χ4v) is 2.12. The summed E-state index contributed by atoms with van der Waals surface area (Å²) in [5.74, 6) is -0.123. The molecule has 0 saturated heterocycles. The zero-order valence-electron chi connectivity index (χ0n) is 11.4. The lowest BCUT2D eigenvalue weighted by Crippen LogP contribution is -2.39. The van der Waals surface area contributed by atoms with Crippen molar-refractivity contribution in [3.8, 4) is 0 Å². The molecule has 1 rings (SSSR count). The number of esters is 1. The second-order valence-corrected chi connectivity index (χ2v) is 4.65. The van der Waals surface area contributed by atoms with Crippen molar-refractivity contribution in [1.29, 1.82) is 0 Å². The van der Waals surface area contributed by atoms with E-state index in [1.165, 1.54) is 19.3 Å². The van der Waals surface area contributed by atoms with Gasteiger partial charge in [0.15, 0.2) is 0 Å². The fraction of sp³-hybridized carbons (Fsp3) is 0.923. The minimum atomic E-state index is -0.159. The molecule has 1 atom stereocenters. The van der Waals surface area contributed by atoms with E-state index in [0.717, 1.165) is 25.6 Å². The van der Waals surface area contributed by atoms with E-state index in [-0.39, 0.29) is 12.0 Å². The molecule has 0 radical (unpaired) electrons. The van der Waals surface area contributed by atoms with E-state index in [0.29, 0.717) is 6.61 Å². The summed E-state index contributed by atoms with van der Waals surface area (Å²) in [7, 11) is 1.82. The van der Waals surface area contributed by atoms with Crippen molar-refractivity contribution in [2.75, 3.05) is 26.7 Å². The smallest absolute Gasteiger partial charge is 0.323 e. The molecule has 0 bridgehead atoms. The minimum absolute atomic E-state index is 0.123. The summed E-state index contributed by atoms with van der Waals surface area (Å²) >= 11 is 0. The van der Waals surface area contributed by atoms with E-state index in [1.807, 2.05) is 14.0 Å². The summed E-state index contributed by atoms with van der Waals surface area (Å²) in [6.45, 7) is 6.64. The van der Waals surface area contributed by atoms with Crippen molar-refractivity contribution < 1.29 is 9.53 Å². The Balaban J connectivity index is 2.31. The summed E-state index contributed by atoms with van der Waals surface area (Å²) in [4.78, 5) is 14.1. The van der Waals surface area contributed by atoms with E-state index >= 15 is 0 Å². The largest absolute Gasteiger partial charge is 0.465 e. The zero-order chi connectivity index (χ0) is 12.7. The van der Waals surface area contributed by atoms with Crippen molar-refractivity contribution >= 4 is 5.97 Å². The number of carbonyl (C=O) groups excluding carboxylic acids is 1. The Morgan fingerprint density at radius 2 is 2.12 bits per heavy atom. The maximum absolute atomic E-state index is 11.6. The van der Waals surface area contributed by atoms with Crippen LogP contribution in [0.1, 0.15) is 39.5 Å². The summed E-state index contributed by atoms with van der Waals surface area (Å²) in [5.41, 5.74) is 0. The van der Waals surface area contributed by atoms with Gasteiger partial charge in [0.1, 0.15) is 6.04 Å². The zero-order valence-corrected chi connectivity index (χ0v) is 11.4. The number of nitrogens with zero attached hydrogens (tertiary/aromatic N) is 1. The van der Waals surface area contributed by atoms with Gasteiger partial charge in [0.25, 0.3) is 0 Å². The van der Waals surface area contributed by atoms with E-state index in [2.05, 4.69) is 17.1 Å². The van der Waals surface area contributed by atoms with Crippen LogP contribution in [0.15, 0.2) is 0 Å². The van der Waals surface area contributed by atoms with Gasteiger partial charge in [-0.3, -0.25) is 4.79 Å². The number of likely N-dealkylation sites (N-methyl/N-ethyl adjacent to an activating group) is 1. The molecule has 0 heterocycles. The second-order valence-electron chi connectivity index (χ2n) is 4.65. The first kappa shape index (κ1) is 14.5. The molecule has 0 spiro atoms. The average Bonchev–Trinajstić information content (AvgIpc) is 3.12. The first-order chi connectivity index (χ1) is 8.22. The Labute approximate surface area is 105 Å². The highest BCUT2D eigenvalue weighted by atomic mass is 16.5. The Morgan fingerprint density at radius 1 is 1.41 bits per heavy atom. The average molecular weight is 242 g/mol. The molecular weight excluding hydrogens is 216 g/mol. The highest BCUT2D eigenvalue weighted by molar-refractivity contribution is 5.75. The monoisotopic (exact) mass is 242 g/mol. The summed E-state index contributed by atoms with van der Waals surface area (Å²) in [5, 5.41) is 3.04. The minimum Gasteiger partial charge on any atom is -0.465 e. The Bertz CT molecular complexity index is 229. The van der Waals surface area contributed by atoms with Crippen LogP contribution in [-0.2, 0) is 9.53 Å². The lowest BCUT2D eigenvalue weighted by Gasteiger charge is -2.23.